The molecule has 0 aliphatic carbocycles. The van der Waals surface area contributed by atoms with Crippen molar-refractivity contribution in [2.24, 2.45) is 5.73 Å². The van der Waals surface area contributed by atoms with Gasteiger partial charge in [-0.1, -0.05) is 24.3 Å². The van der Waals surface area contributed by atoms with Gasteiger partial charge in [-0.2, -0.15) is 0 Å². The molecule has 1 atom stereocenters. The van der Waals surface area contributed by atoms with Crippen molar-refractivity contribution >= 4 is 11.3 Å². The van der Waals surface area contributed by atoms with Crippen LogP contribution in [0.4, 0.5) is 0 Å². The van der Waals surface area contributed by atoms with E-state index in [4.69, 9.17) is 10.5 Å². The summed E-state index contributed by atoms with van der Waals surface area (Å²) in [6.45, 7) is 0. The Morgan fingerprint density at radius 1 is 1.20 bits per heavy atom. The van der Waals surface area contributed by atoms with Gasteiger partial charge in [-0.15, -0.1) is 11.3 Å². The Kier molecular flexibility index (Phi) is 3.04. The maximum absolute atomic E-state index is 6.17. The van der Waals surface area contributed by atoms with Gasteiger partial charge < -0.3 is 10.5 Å². The third kappa shape index (κ3) is 2.03. The lowest BCUT2D eigenvalue weighted by Crippen LogP contribution is -2.11. The number of hydrogen-bond acceptors (Lipinski definition) is 3. The summed E-state index contributed by atoms with van der Waals surface area (Å²) in [7, 11) is 1.67. The first kappa shape index (κ1) is 10.2. The molecule has 3 heteroatoms. The summed E-state index contributed by atoms with van der Waals surface area (Å²) in [5, 5.41) is 2.03. The molecule has 78 valence electrons. The second-order valence-corrected chi connectivity index (χ2v) is 4.21. The molecule has 1 aromatic heterocycles. The lowest BCUT2D eigenvalue weighted by Gasteiger charge is -2.13. The summed E-state index contributed by atoms with van der Waals surface area (Å²) >= 11 is 1.66. The van der Waals surface area contributed by atoms with E-state index in [1.807, 2.05) is 41.8 Å². The first-order chi connectivity index (χ1) is 7.33. The first-order valence-electron chi connectivity index (χ1n) is 4.75. The van der Waals surface area contributed by atoms with Crippen LogP contribution in [0, 0.1) is 0 Å². The minimum atomic E-state index is -0.0962. The summed E-state index contributed by atoms with van der Waals surface area (Å²) < 4.78 is 5.29. The van der Waals surface area contributed by atoms with Crippen molar-refractivity contribution in [3.05, 3.63) is 52.2 Å². The van der Waals surface area contributed by atoms with E-state index in [1.165, 1.54) is 0 Å². The molecule has 15 heavy (non-hydrogen) atoms. The van der Waals surface area contributed by atoms with Gasteiger partial charge in [0, 0.05) is 10.4 Å². The number of thiophene rings is 1. The highest BCUT2D eigenvalue weighted by atomic mass is 32.1. The van der Waals surface area contributed by atoms with Crippen molar-refractivity contribution in [3.63, 3.8) is 0 Å². The molecular weight excluding hydrogens is 206 g/mol. The number of methoxy groups -OCH3 is 1. The fourth-order valence-corrected chi connectivity index (χ4v) is 2.29. The smallest absolute Gasteiger partial charge is 0.124 e. The minimum Gasteiger partial charge on any atom is -0.496 e. The molecule has 0 aliphatic heterocycles. The molecule has 2 N–H and O–H groups in total. The summed E-state index contributed by atoms with van der Waals surface area (Å²) in [5.41, 5.74) is 7.20. The van der Waals surface area contributed by atoms with Crippen LogP contribution in [0.3, 0.4) is 0 Å². The molecule has 1 aromatic carbocycles. The predicted octanol–water partition coefficient (Wildman–Crippen LogP) is 2.80. The molecule has 0 radical (unpaired) electrons. The lowest BCUT2D eigenvalue weighted by atomic mass is 10.1. The summed E-state index contributed by atoms with van der Waals surface area (Å²) in [6, 6.07) is 11.8. The van der Waals surface area contributed by atoms with Gasteiger partial charge in [0.2, 0.25) is 0 Å². The van der Waals surface area contributed by atoms with Crippen molar-refractivity contribution in [2.45, 2.75) is 6.04 Å². The molecule has 2 rings (SSSR count). The third-order valence-corrected chi connectivity index (χ3v) is 3.28. The van der Waals surface area contributed by atoms with Crippen LogP contribution in [0.2, 0.25) is 0 Å². The zero-order chi connectivity index (χ0) is 10.7. The predicted molar refractivity (Wildman–Crippen MR) is 63.3 cm³/mol. The summed E-state index contributed by atoms with van der Waals surface area (Å²) in [4.78, 5) is 1.15. The molecule has 2 nitrogen and oxygen atoms in total. The van der Waals surface area contributed by atoms with Crippen molar-refractivity contribution in [3.8, 4) is 5.75 Å². The summed E-state index contributed by atoms with van der Waals surface area (Å²) in [5.74, 6) is 0.846. The number of benzene rings is 1. The number of rotatable bonds is 3. The summed E-state index contributed by atoms with van der Waals surface area (Å²) in [6.07, 6.45) is 0. The first-order valence-corrected chi connectivity index (χ1v) is 5.63. The van der Waals surface area contributed by atoms with Crippen LogP contribution < -0.4 is 10.5 Å². The van der Waals surface area contributed by atoms with E-state index in [9.17, 15) is 0 Å². The zero-order valence-corrected chi connectivity index (χ0v) is 9.33. The topological polar surface area (TPSA) is 35.2 Å². The number of para-hydroxylation sites is 1. The van der Waals surface area contributed by atoms with Gasteiger partial charge >= 0.3 is 0 Å². The quantitative estimate of drug-likeness (QED) is 0.861. The maximum Gasteiger partial charge on any atom is 0.124 e. The van der Waals surface area contributed by atoms with Crippen LogP contribution in [-0.2, 0) is 0 Å². The van der Waals surface area contributed by atoms with Gasteiger partial charge in [0.25, 0.3) is 0 Å². The van der Waals surface area contributed by atoms with Gasteiger partial charge in [0.1, 0.15) is 5.75 Å². The molecule has 0 bridgehead atoms. The standard InChI is InChI=1S/C12H13NOS/c1-14-10-6-3-2-5-9(10)12(13)11-7-4-8-15-11/h2-8,12H,13H2,1H3. The van der Waals surface area contributed by atoms with E-state index in [0.29, 0.717) is 0 Å². The second kappa shape index (κ2) is 4.47. The van der Waals surface area contributed by atoms with E-state index in [2.05, 4.69) is 0 Å². The van der Waals surface area contributed by atoms with Crippen LogP contribution in [0.5, 0.6) is 5.75 Å². The van der Waals surface area contributed by atoms with E-state index in [1.54, 1.807) is 18.4 Å². The highest BCUT2D eigenvalue weighted by Crippen LogP contribution is 2.29. The largest absolute Gasteiger partial charge is 0.496 e. The van der Waals surface area contributed by atoms with Crippen LogP contribution >= 0.6 is 11.3 Å². The average molecular weight is 219 g/mol. The number of nitrogens with two attached hydrogens (primary N) is 1. The Labute approximate surface area is 93.3 Å². The van der Waals surface area contributed by atoms with E-state index in [-0.39, 0.29) is 6.04 Å². The molecule has 0 spiro atoms. The maximum atomic E-state index is 6.17. The molecule has 0 amide bonds. The van der Waals surface area contributed by atoms with Crippen LogP contribution in [0.1, 0.15) is 16.5 Å². The van der Waals surface area contributed by atoms with Crippen molar-refractivity contribution in [2.75, 3.05) is 7.11 Å². The monoisotopic (exact) mass is 219 g/mol. The Bertz CT molecular complexity index is 425. The van der Waals surface area contributed by atoms with E-state index < -0.39 is 0 Å². The van der Waals surface area contributed by atoms with Gasteiger partial charge in [-0.05, 0) is 17.5 Å². The second-order valence-electron chi connectivity index (χ2n) is 3.24. The van der Waals surface area contributed by atoms with Crippen LogP contribution in [0.25, 0.3) is 0 Å². The third-order valence-electron chi connectivity index (χ3n) is 2.32. The van der Waals surface area contributed by atoms with Gasteiger partial charge in [-0.3, -0.25) is 0 Å². The number of hydrogen-bond donors (Lipinski definition) is 1. The Morgan fingerprint density at radius 2 is 2.00 bits per heavy atom. The van der Waals surface area contributed by atoms with Gasteiger partial charge in [0.05, 0.1) is 13.2 Å². The molecule has 0 fully saturated rings. The SMILES string of the molecule is COc1ccccc1C(N)c1cccs1. The molecule has 0 aliphatic rings. The van der Waals surface area contributed by atoms with Gasteiger partial charge in [0.15, 0.2) is 0 Å². The van der Waals surface area contributed by atoms with E-state index >= 15 is 0 Å². The highest BCUT2D eigenvalue weighted by molar-refractivity contribution is 7.10. The molecule has 1 unspecified atom stereocenters. The average Bonchev–Trinajstić information content (AvgIpc) is 2.81. The Hall–Kier alpha value is -1.32. The Balaban J connectivity index is 2.37. The molecule has 2 aromatic rings. The zero-order valence-electron chi connectivity index (χ0n) is 8.51. The fraction of sp³-hybridized carbons (Fsp3) is 0.167. The highest BCUT2D eigenvalue weighted by Gasteiger charge is 2.13. The van der Waals surface area contributed by atoms with Crippen LogP contribution in [-0.4, -0.2) is 7.11 Å². The molecule has 0 saturated heterocycles. The van der Waals surface area contributed by atoms with Crippen molar-refractivity contribution in [1.82, 2.24) is 0 Å². The Morgan fingerprint density at radius 3 is 2.67 bits per heavy atom. The minimum absolute atomic E-state index is 0.0962. The van der Waals surface area contributed by atoms with Crippen molar-refractivity contribution < 1.29 is 4.74 Å². The number of ether oxygens (including phenoxy) is 1. The van der Waals surface area contributed by atoms with E-state index in [0.717, 1.165) is 16.2 Å². The molecule has 1 heterocycles. The van der Waals surface area contributed by atoms with Gasteiger partial charge in [-0.25, -0.2) is 0 Å². The fourth-order valence-electron chi connectivity index (χ4n) is 1.54. The normalized spacial score (nSPS) is 12.4. The lowest BCUT2D eigenvalue weighted by molar-refractivity contribution is 0.408. The van der Waals surface area contributed by atoms with Crippen molar-refractivity contribution in [1.29, 1.82) is 0 Å². The molecule has 0 saturated carbocycles. The van der Waals surface area contributed by atoms with Crippen LogP contribution in [0.15, 0.2) is 41.8 Å². The molecular formula is C12H13NOS.